The molecular weight excluding hydrogens is 524 g/mol. The quantitative estimate of drug-likeness (QED) is 0.291. The fourth-order valence-corrected chi connectivity index (χ4v) is 6.00. The Bertz CT molecular complexity index is 2040. The molecule has 0 unspecified atom stereocenters. The number of hydrogen-bond donors (Lipinski definition) is 2. The second kappa shape index (κ2) is 10.0. The fraction of sp³-hybridized carbons (Fsp3) is 0.188. The van der Waals surface area contributed by atoms with Crippen LogP contribution in [0, 0.1) is 0 Å². The van der Waals surface area contributed by atoms with Crippen molar-refractivity contribution < 1.29 is 0 Å². The molecule has 0 radical (unpaired) electrons. The molecule has 1 saturated heterocycles. The summed E-state index contributed by atoms with van der Waals surface area (Å²) in [7, 11) is 0. The van der Waals surface area contributed by atoms with Crippen LogP contribution in [0.4, 0.5) is 5.82 Å². The normalized spacial score (nSPS) is 14.8. The fourth-order valence-electron chi connectivity index (χ4n) is 6.00. The third-order valence-electron chi connectivity index (χ3n) is 8.22. The predicted molar refractivity (Wildman–Crippen MR) is 163 cm³/mol. The number of nitrogens with two attached hydrogens (primary N) is 1. The molecule has 42 heavy (non-hydrogen) atoms. The molecule has 0 atom stereocenters. The lowest BCUT2D eigenvalue weighted by atomic mass is 10.0. The number of nitrogens with zero attached hydrogens (tertiary/aromatic N) is 8. The van der Waals surface area contributed by atoms with Gasteiger partial charge in [-0.2, -0.15) is 0 Å². The van der Waals surface area contributed by atoms with Gasteiger partial charge < -0.3 is 15.3 Å². The van der Waals surface area contributed by atoms with Crippen molar-refractivity contribution in [3.05, 3.63) is 91.3 Å². The third kappa shape index (κ3) is 4.33. The maximum Gasteiger partial charge on any atom is 0.165 e. The van der Waals surface area contributed by atoms with Crippen molar-refractivity contribution in [3.8, 4) is 22.5 Å². The average molecular weight is 553 g/mol. The van der Waals surface area contributed by atoms with Gasteiger partial charge in [0.15, 0.2) is 11.5 Å². The Kier molecular flexibility index (Phi) is 5.85. The van der Waals surface area contributed by atoms with Crippen molar-refractivity contribution in [1.82, 2.24) is 44.4 Å². The molecule has 8 rings (SSSR count). The highest BCUT2D eigenvalue weighted by Crippen LogP contribution is 2.33. The van der Waals surface area contributed by atoms with Crippen LogP contribution < -0.4 is 5.73 Å². The first-order valence-corrected chi connectivity index (χ1v) is 14.1. The SMILES string of the molecule is Nc1ncnc2c1ncn2C1CCN(Cc2ccc(-c3nc4cc5nc[nH]c5cc4nc3-c3ccccc3)cc2)CC1. The van der Waals surface area contributed by atoms with Gasteiger partial charge in [0, 0.05) is 36.8 Å². The number of likely N-dealkylation sites (tertiary alicyclic amines) is 1. The van der Waals surface area contributed by atoms with Crippen LogP contribution in [0.25, 0.3) is 55.7 Å². The zero-order chi connectivity index (χ0) is 28.0. The topological polar surface area (TPSA) is 127 Å². The molecule has 3 aromatic carbocycles. The Balaban J connectivity index is 1.03. The van der Waals surface area contributed by atoms with E-state index < -0.39 is 0 Å². The molecule has 10 heteroatoms. The largest absolute Gasteiger partial charge is 0.382 e. The number of piperidine rings is 1. The predicted octanol–water partition coefficient (Wildman–Crippen LogP) is 5.40. The smallest absolute Gasteiger partial charge is 0.165 e. The molecule has 0 aliphatic carbocycles. The van der Waals surface area contributed by atoms with Crippen LogP contribution in [0.3, 0.4) is 0 Å². The summed E-state index contributed by atoms with van der Waals surface area (Å²) in [4.78, 5) is 33.2. The van der Waals surface area contributed by atoms with Gasteiger partial charge in [-0.1, -0.05) is 54.6 Å². The number of anilines is 1. The van der Waals surface area contributed by atoms with Gasteiger partial charge in [-0.05, 0) is 30.5 Å². The molecule has 1 aliphatic rings. The van der Waals surface area contributed by atoms with E-state index >= 15 is 0 Å². The van der Waals surface area contributed by atoms with Gasteiger partial charge in [0.05, 0.1) is 46.1 Å². The van der Waals surface area contributed by atoms with Gasteiger partial charge in [0.2, 0.25) is 0 Å². The summed E-state index contributed by atoms with van der Waals surface area (Å²) in [5.74, 6) is 0.431. The Hall–Kier alpha value is -5.22. The lowest BCUT2D eigenvalue weighted by molar-refractivity contribution is 0.181. The van der Waals surface area contributed by atoms with E-state index in [9.17, 15) is 0 Å². The third-order valence-corrected chi connectivity index (χ3v) is 8.22. The summed E-state index contributed by atoms with van der Waals surface area (Å²) < 4.78 is 2.16. The molecule has 0 amide bonds. The standard InChI is InChI=1S/C32H28N10/c33-31-30-32(37-18-36-31)42(19-38-30)23-10-12-41(13-11-23)16-20-6-8-22(9-7-20)29-28(21-4-2-1-3-5-21)39-26-14-24-25(35-17-34-24)15-27(26)40-29/h1-9,14-15,17-19,23H,10-13,16H2,(H,34,35)(H2,33,36,37). The minimum Gasteiger partial charge on any atom is -0.382 e. The average Bonchev–Trinajstić information content (AvgIpc) is 3.68. The molecule has 0 bridgehead atoms. The van der Waals surface area contributed by atoms with Crippen molar-refractivity contribution >= 4 is 39.0 Å². The van der Waals surface area contributed by atoms with Crippen molar-refractivity contribution in [2.45, 2.75) is 25.4 Å². The molecule has 1 aliphatic heterocycles. The number of nitrogens with one attached hydrogen (secondary N) is 1. The number of aromatic nitrogens is 8. The summed E-state index contributed by atoms with van der Waals surface area (Å²) in [6.07, 6.45) is 7.13. The van der Waals surface area contributed by atoms with Gasteiger partial charge >= 0.3 is 0 Å². The van der Waals surface area contributed by atoms with Crippen LogP contribution in [0.15, 0.2) is 85.7 Å². The Morgan fingerprint density at radius 1 is 0.786 bits per heavy atom. The molecule has 206 valence electrons. The Labute approximate surface area is 241 Å². The first-order valence-electron chi connectivity index (χ1n) is 14.1. The molecule has 4 aromatic heterocycles. The minimum absolute atomic E-state index is 0.355. The highest BCUT2D eigenvalue weighted by Gasteiger charge is 2.23. The second-order valence-corrected chi connectivity index (χ2v) is 10.8. The van der Waals surface area contributed by atoms with E-state index in [1.54, 1.807) is 6.33 Å². The van der Waals surface area contributed by atoms with Crippen molar-refractivity contribution in [2.75, 3.05) is 18.8 Å². The van der Waals surface area contributed by atoms with Crippen LogP contribution in [-0.2, 0) is 6.54 Å². The number of benzene rings is 3. The van der Waals surface area contributed by atoms with Gasteiger partial charge in [0.25, 0.3) is 0 Å². The van der Waals surface area contributed by atoms with Crippen LogP contribution in [0.2, 0.25) is 0 Å². The van der Waals surface area contributed by atoms with Gasteiger partial charge in [-0.3, -0.25) is 4.90 Å². The first kappa shape index (κ1) is 24.6. The maximum absolute atomic E-state index is 5.99. The number of rotatable bonds is 5. The number of imidazole rings is 2. The van der Waals surface area contributed by atoms with Crippen molar-refractivity contribution in [1.29, 1.82) is 0 Å². The van der Waals surface area contributed by atoms with Gasteiger partial charge in [0.1, 0.15) is 11.8 Å². The number of H-pyrrole nitrogens is 1. The van der Waals surface area contributed by atoms with E-state index in [1.165, 1.54) is 11.9 Å². The monoisotopic (exact) mass is 552 g/mol. The van der Waals surface area contributed by atoms with Crippen LogP contribution >= 0.6 is 0 Å². The molecule has 10 nitrogen and oxygen atoms in total. The van der Waals surface area contributed by atoms with Crippen molar-refractivity contribution in [2.24, 2.45) is 0 Å². The lowest BCUT2D eigenvalue weighted by Gasteiger charge is -2.32. The van der Waals surface area contributed by atoms with E-state index in [2.05, 4.69) is 70.8 Å². The minimum atomic E-state index is 0.355. The zero-order valence-corrected chi connectivity index (χ0v) is 22.9. The number of aromatic amines is 1. The molecular formula is C32H28N10. The highest BCUT2D eigenvalue weighted by molar-refractivity contribution is 5.94. The van der Waals surface area contributed by atoms with E-state index in [0.29, 0.717) is 17.4 Å². The Morgan fingerprint density at radius 3 is 2.31 bits per heavy atom. The number of fused-ring (bicyclic) bond motifs is 3. The molecule has 0 spiro atoms. The summed E-state index contributed by atoms with van der Waals surface area (Å²) >= 11 is 0. The van der Waals surface area contributed by atoms with E-state index in [4.69, 9.17) is 15.7 Å². The van der Waals surface area contributed by atoms with Crippen LogP contribution in [0.5, 0.6) is 0 Å². The Morgan fingerprint density at radius 2 is 1.52 bits per heavy atom. The van der Waals surface area contributed by atoms with Gasteiger partial charge in [-0.25, -0.2) is 29.9 Å². The van der Waals surface area contributed by atoms with E-state index in [-0.39, 0.29) is 0 Å². The van der Waals surface area contributed by atoms with E-state index in [0.717, 1.165) is 82.7 Å². The van der Waals surface area contributed by atoms with Crippen LogP contribution in [-0.4, -0.2) is 57.4 Å². The molecule has 1 fully saturated rings. The molecule has 5 heterocycles. The number of nitrogen functional groups attached to an aromatic ring is 1. The number of hydrogen-bond acceptors (Lipinski definition) is 8. The first-order chi connectivity index (χ1) is 20.7. The summed E-state index contributed by atoms with van der Waals surface area (Å²) in [5.41, 5.74) is 16.1. The molecule has 3 N–H and O–H groups in total. The molecule has 7 aromatic rings. The summed E-state index contributed by atoms with van der Waals surface area (Å²) in [5, 5.41) is 0. The summed E-state index contributed by atoms with van der Waals surface area (Å²) in [6, 6.07) is 23.4. The summed E-state index contributed by atoms with van der Waals surface area (Å²) in [6.45, 7) is 2.91. The highest BCUT2D eigenvalue weighted by atomic mass is 15.2. The van der Waals surface area contributed by atoms with Crippen LogP contribution in [0.1, 0.15) is 24.4 Å². The lowest BCUT2D eigenvalue weighted by Crippen LogP contribution is -2.34. The maximum atomic E-state index is 5.99. The van der Waals surface area contributed by atoms with Crippen molar-refractivity contribution in [3.63, 3.8) is 0 Å². The zero-order valence-electron chi connectivity index (χ0n) is 22.9. The van der Waals surface area contributed by atoms with Gasteiger partial charge in [-0.15, -0.1) is 0 Å². The molecule has 0 saturated carbocycles. The van der Waals surface area contributed by atoms with E-state index in [1.807, 2.05) is 36.7 Å². The second-order valence-electron chi connectivity index (χ2n) is 10.8.